The van der Waals surface area contributed by atoms with Crippen LogP contribution in [-0.2, 0) is 22.5 Å². The molecule has 0 bridgehead atoms. The standard InChI is InChI=1S/C23H33N3O4S/c1-24-19-12-17(30-2)6-7-18(19)21-22(24)20(14-27)26(31(3,28)29)15-23(21)8-10-25(11-9-23)13-16-4-5-16/h6-7,12,16,20,27H,4-5,8-11,13-15H2,1-3H3/t20-/m0/s1. The van der Waals surface area contributed by atoms with Crippen LogP contribution in [0.4, 0.5) is 0 Å². The summed E-state index contributed by atoms with van der Waals surface area (Å²) in [6.45, 7) is 3.36. The van der Waals surface area contributed by atoms with Crippen molar-refractivity contribution in [2.75, 3.05) is 46.2 Å². The van der Waals surface area contributed by atoms with Crippen LogP contribution in [0.5, 0.6) is 5.75 Å². The molecule has 1 atom stereocenters. The first-order valence-electron chi connectivity index (χ1n) is 11.2. The second kappa shape index (κ2) is 7.47. The molecular weight excluding hydrogens is 414 g/mol. The van der Waals surface area contributed by atoms with Crippen LogP contribution in [0.15, 0.2) is 18.2 Å². The summed E-state index contributed by atoms with van der Waals surface area (Å²) in [5.41, 5.74) is 2.95. The summed E-state index contributed by atoms with van der Waals surface area (Å²) in [6.07, 6.45) is 5.82. The van der Waals surface area contributed by atoms with Gasteiger partial charge in [0.1, 0.15) is 5.75 Å². The number of methoxy groups -OCH3 is 1. The van der Waals surface area contributed by atoms with E-state index in [1.807, 2.05) is 19.2 Å². The number of sulfonamides is 1. The average Bonchev–Trinajstić information content (AvgIpc) is 3.52. The first kappa shape index (κ1) is 21.2. The predicted octanol–water partition coefficient (Wildman–Crippen LogP) is 2.24. The molecule has 0 amide bonds. The lowest BCUT2D eigenvalue weighted by Crippen LogP contribution is -2.55. The third-order valence-corrected chi connectivity index (χ3v) is 8.97. The van der Waals surface area contributed by atoms with Gasteiger partial charge in [0.2, 0.25) is 10.0 Å². The van der Waals surface area contributed by atoms with Gasteiger partial charge in [-0.25, -0.2) is 8.42 Å². The number of aryl methyl sites for hydroxylation is 1. The van der Waals surface area contributed by atoms with Gasteiger partial charge in [-0.2, -0.15) is 4.31 Å². The lowest BCUT2D eigenvalue weighted by molar-refractivity contribution is 0.0930. The van der Waals surface area contributed by atoms with Crippen molar-refractivity contribution in [1.82, 2.24) is 13.8 Å². The molecule has 2 fully saturated rings. The largest absolute Gasteiger partial charge is 0.497 e. The predicted molar refractivity (Wildman–Crippen MR) is 121 cm³/mol. The van der Waals surface area contributed by atoms with E-state index >= 15 is 0 Å². The van der Waals surface area contributed by atoms with E-state index in [4.69, 9.17) is 4.74 Å². The van der Waals surface area contributed by atoms with Crippen LogP contribution in [0, 0.1) is 5.92 Å². The summed E-state index contributed by atoms with van der Waals surface area (Å²) in [6, 6.07) is 5.54. The van der Waals surface area contributed by atoms with Gasteiger partial charge in [0.25, 0.3) is 0 Å². The molecule has 1 saturated heterocycles. The Morgan fingerprint density at radius 1 is 1.23 bits per heavy atom. The van der Waals surface area contributed by atoms with Crippen LogP contribution >= 0.6 is 0 Å². The van der Waals surface area contributed by atoms with Crippen molar-refractivity contribution in [2.24, 2.45) is 13.0 Å². The number of rotatable bonds is 5. The van der Waals surface area contributed by atoms with Gasteiger partial charge in [0.05, 0.1) is 31.5 Å². The normalized spacial score (nSPS) is 24.6. The summed E-state index contributed by atoms with van der Waals surface area (Å²) in [7, 11) is 0.160. The van der Waals surface area contributed by atoms with Crippen molar-refractivity contribution in [3.63, 3.8) is 0 Å². The van der Waals surface area contributed by atoms with E-state index in [9.17, 15) is 13.5 Å². The molecule has 2 aromatic rings. The second-order valence-electron chi connectivity index (χ2n) is 9.73. The number of hydrogen-bond donors (Lipinski definition) is 1. The molecule has 1 aromatic heterocycles. The van der Waals surface area contributed by atoms with Gasteiger partial charge >= 0.3 is 0 Å². The smallest absolute Gasteiger partial charge is 0.211 e. The van der Waals surface area contributed by atoms with Crippen LogP contribution in [0.3, 0.4) is 0 Å². The molecule has 8 heteroatoms. The molecule has 0 unspecified atom stereocenters. The number of aliphatic hydroxyl groups is 1. The first-order valence-corrected chi connectivity index (χ1v) is 13.1. The van der Waals surface area contributed by atoms with Gasteiger partial charge in [-0.3, -0.25) is 0 Å². The van der Waals surface area contributed by atoms with E-state index in [1.165, 1.54) is 31.2 Å². The zero-order valence-corrected chi connectivity index (χ0v) is 19.5. The quantitative estimate of drug-likeness (QED) is 0.761. The molecule has 1 spiro atoms. The number of benzene rings is 1. The molecule has 3 aliphatic rings. The molecule has 170 valence electrons. The molecule has 5 rings (SSSR count). The monoisotopic (exact) mass is 447 g/mol. The highest BCUT2D eigenvalue weighted by molar-refractivity contribution is 7.88. The molecule has 1 saturated carbocycles. The Morgan fingerprint density at radius 3 is 2.52 bits per heavy atom. The third kappa shape index (κ3) is 3.48. The maximum atomic E-state index is 12.8. The van der Waals surface area contributed by atoms with Gasteiger partial charge in [-0.05, 0) is 62.4 Å². The Bertz CT molecular complexity index is 1100. The summed E-state index contributed by atoms with van der Waals surface area (Å²) < 4.78 is 34.7. The topological polar surface area (TPSA) is 75.0 Å². The number of nitrogens with zero attached hydrogens (tertiary/aromatic N) is 3. The molecule has 1 aliphatic carbocycles. The lowest BCUT2D eigenvalue weighted by Gasteiger charge is -2.49. The van der Waals surface area contributed by atoms with Gasteiger partial charge in [0.15, 0.2) is 0 Å². The first-order chi connectivity index (χ1) is 14.8. The highest BCUT2D eigenvalue weighted by atomic mass is 32.2. The lowest BCUT2D eigenvalue weighted by atomic mass is 9.69. The van der Waals surface area contributed by atoms with Crippen LogP contribution < -0.4 is 4.74 Å². The van der Waals surface area contributed by atoms with Gasteiger partial charge in [0, 0.05) is 42.7 Å². The molecule has 1 aromatic carbocycles. The van der Waals surface area contributed by atoms with E-state index in [2.05, 4.69) is 15.5 Å². The van der Waals surface area contributed by atoms with Crippen molar-refractivity contribution < 1.29 is 18.3 Å². The number of ether oxygens (including phenoxy) is 1. The van der Waals surface area contributed by atoms with E-state index in [0.29, 0.717) is 6.54 Å². The minimum Gasteiger partial charge on any atom is -0.497 e. The van der Waals surface area contributed by atoms with Gasteiger partial charge in [-0.1, -0.05) is 0 Å². The number of aromatic nitrogens is 1. The Hall–Kier alpha value is -1.61. The molecule has 7 nitrogen and oxygen atoms in total. The molecule has 31 heavy (non-hydrogen) atoms. The zero-order valence-electron chi connectivity index (χ0n) is 18.7. The average molecular weight is 448 g/mol. The second-order valence-corrected chi connectivity index (χ2v) is 11.7. The minimum absolute atomic E-state index is 0.231. The SMILES string of the molecule is COc1ccc2c3c(n(C)c2c1)[C@H](CO)N(S(C)(=O)=O)CC31CCN(CC2CC2)CC1. The minimum atomic E-state index is -3.47. The molecule has 3 heterocycles. The zero-order chi connectivity index (χ0) is 22.0. The van der Waals surface area contributed by atoms with Crippen LogP contribution in [0.2, 0.25) is 0 Å². The maximum Gasteiger partial charge on any atom is 0.211 e. The number of fused-ring (bicyclic) bond motifs is 4. The van der Waals surface area contributed by atoms with Crippen LogP contribution in [0.25, 0.3) is 10.9 Å². The fraction of sp³-hybridized carbons (Fsp3) is 0.652. The molecular formula is C23H33N3O4S. The Kier molecular flexibility index (Phi) is 5.12. The van der Waals surface area contributed by atoms with Crippen molar-refractivity contribution >= 4 is 20.9 Å². The third-order valence-electron chi connectivity index (χ3n) is 7.73. The Balaban J connectivity index is 1.66. The van der Waals surface area contributed by atoms with E-state index in [0.717, 1.165) is 54.2 Å². The van der Waals surface area contributed by atoms with Crippen molar-refractivity contribution in [1.29, 1.82) is 0 Å². The van der Waals surface area contributed by atoms with Crippen LogP contribution in [0.1, 0.15) is 43.0 Å². The summed E-state index contributed by atoms with van der Waals surface area (Å²) in [5.74, 6) is 1.63. The molecule has 0 radical (unpaired) electrons. The number of hydrogen-bond acceptors (Lipinski definition) is 5. The summed E-state index contributed by atoms with van der Waals surface area (Å²) >= 11 is 0. The Morgan fingerprint density at radius 2 is 1.94 bits per heavy atom. The van der Waals surface area contributed by atoms with Crippen molar-refractivity contribution in [2.45, 2.75) is 37.1 Å². The van der Waals surface area contributed by atoms with E-state index in [1.54, 1.807) is 11.4 Å². The molecule has 1 N–H and O–H groups in total. The number of aliphatic hydroxyl groups excluding tert-OH is 1. The van der Waals surface area contributed by atoms with Crippen molar-refractivity contribution in [3.8, 4) is 5.75 Å². The van der Waals surface area contributed by atoms with E-state index in [-0.39, 0.29) is 12.0 Å². The fourth-order valence-electron chi connectivity index (χ4n) is 5.90. The molecule has 2 aliphatic heterocycles. The number of likely N-dealkylation sites (tertiary alicyclic amines) is 1. The highest BCUT2D eigenvalue weighted by Gasteiger charge is 2.50. The maximum absolute atomic E-state index is 12.8. The summed E-state index contributed by atoms with van der Waals surface area (Å²) in [5, 5.41) is 11.5. The van der Waals surface area contributed by atoms with E-state index < -0.39 is 16.1 Å². The van der Waals surface area contributed by atoms with Crippen LogP contribution in [-0.4, -0.2) is 73.4 Å². The van der Waals surface area contributed by atoms with Gasteiger partial charge < -0.3 is 19.3 Å². The van der Waals surface area contributed by atoms with Crippen molar-refractivity contribution in [3.05, 3.63) is 29.5 Å². The highest BCUT2D eigenvalue weighted by Crippen LogP contribution is 2.50. The van der Waals surface area contributed by atoms with Gasteiger partial charge in [-0.15, -0.1) is 0 Å². The summed E-state index contributed by atoms with van der Waals surface area (Å²) in [4.78, 5) is 2.56. The number of piperidine rings is 1. The fourth-order valence-corrected chi connectivity index (χ4v) is 7.01. The Labute approximate surface area is 184 Å².